The van der Waals surface area contributed by atoms with Crippen molar-refractivity contribution in [2.75, 3.05) is 18.0 Å². The first-order valence-corrected chi connectivity index (χ1v) is 9.34. The topological polar surface area (TPSA) is 85.9 Å². The van der Waals surface area contributed by atoms with E-state index in [0.717, 1.165) is 18.9 Å². The van der Waals surface area contributed by atoms with Gasteiger partial charge in [-0.25, -0.2) is 18.7 Å². The molecule has 1 saturated heterocycles. The Morgan fingerprint density at radius 1 is 1.24 bits per heavy atom. The number of hydrogen-bond donors (Lipinski definition) is 0. The molecule has 10 heteroatoms. The van der Waals surface area contributed by atoms with Gasteiger partial charge < -0.3 is 4.90 Å². The summed E-state index contributed by atoms with van der Waals surface area (Å²) in [6, 6.07) is 2.55. The number of anilines is 1. The SMILES string of the molecule is Cn1c(N2CCC(Cn3cnc(C(F)F)cc3=O)CC2)nc2cnccc2c1=O. The van der Waals surface area contributed by atoms with Gasteiger partial charge in [-0.2, -0.15) is 0 Å². The fraction of sp³-hybridized carbons (Fsp3) is 0.421. The Morgan fingerprint density at radius 2 is 2.00 bits per heavy atom. The van der Waals surface area contributed by atoms with Crippen molar-refractivity contribution in [3.8, 4) is 0 Å². The van der Waals surface area contributed by atoms with Crippen LogP contribution in [-0.4, -0.2) is 37.2 Å². The van der Waals surface area contributed by atoms with Crippen LogP contribution in [0.4, 0.5) is 14.7 Å². The lowest BCUT2D eigenvalue weighted by Crippen LogP contribution is -2.39. The number of nitrogens with zero attached hydrogens (tertiary/aromatic N) is 6. The van der Waals surface area contributed by atoms with E-state index in [0.29, 0.717) is 36.5 Å². The van der Waals surface area contributed by atoms with Gasteiger partial charge in [0, 0.05) is 38.9 Å². The molecule has 0 aliphatic carbocycles. The number of halogens is 2. The quantitative estimate of drug-likeness (QED) is 0.661. The summed E-state index contributed by atoms with van der Waals surface area (Å²) < 4.78 is 28.2. The van der Waals surface area contributed by atoms with E-state index in [-0.39, 0.29) is 11.5 Å². The average Bonchev–Trinajstić information content (AvgIpc) is 2.72. The molecular formula is C19H20F2N6O2. The van der Waals surface area contributed by atoms with Crippen LogP contribution < -0.4 is 16.0 Å². The third-order valence-electron chi connectivity index (χ3n) is 5.33. The van der Waals surface area contributed by atoms with Crippen LogP contribution in [0.3, 0.4) is 0 Å². The third-order valence-corrected chi connectivity index (χ3v) is 5.33. The number of alkyl halides is 2. The maximum Gasteiger partial charge on any atom is 0.280 e. The predicted octanol–water partition coefficient (Wildman–Crippen LogP) is 1.74. The molecule has 0 amide bonds. The van der Waals surface area contributed by atoms with Crippen LogP contribution in [0.25, 0.3) is 10.9 Å². The monoisotopic (exact) mass is 402 g/mol. The zero-order chi connectivity index (χ0) is 20.5. The van der Waals surface area contributed by atoms with Crippen molar-refractivity contribution >= 4 is 16.9 Å². The lowest BCUT2D eigenvalue weighted by Gasteiger charge is -2.33. The highest BCUT2D eigenvalue weighted by Gasteiger charge is 2.23. The van der Waals surface area contributed by atoms with Crippen LogP contribution in [0.2, 0.25) is 0 Å². The average molecular weight is 402 g/mol. The summed E-state index contributed by atoms with van der Waals surface area (Å²) in [5.74, 6) is 0.802. The molecule has 3 aromatic rings. The van der Waals surface area contributed by atoms with E-state index in [1.807, 2.05) is 4.90 Å². The first kappa shape index (κ1) is 19.2. The van der Waals surface area contributed by atoms with E-state index in [2.05, 4.69) is 15.0 Å². The van der Waals surface area contributed by atoms with Crippen molar-refractivity contribution in [3.05, 3.63) is 57.3 Å². The minimum absolute atomic E-state index is 0.119. The highest BCUT2D eigenvalue weighted by molar-refractivity contribution is 5.77. The Kier molecular flexibility index (Phi) is 5.08. The lowest BCUT2D eigenvalue weighted by atomic mass is 9.97. The van der Waals surface area contributed by atoms with E-state index < -0.39 is 17.7 Å². The van der Waals surface area contributed by atoms with E-state index >= 15 is 0 Å². The molecule has 1 aliphatic heterocycles. The van der Waals surface area contributed by atoms with Gasteiger partial charge in [0.25, 0.3) is 17.5 Å². The molecule has 29 heavy (non-hydrogen) atoms. The van der Waals surface area contributed by atoms with E-state index in [1.165, 1.54) is 10.9 Å². The zero-order valence-corrected chi connectivity index (χ0v) is 15.8. The second-order valence-electron chi connectivity index (χ2n) is 7.20. The first-order valence-electron chi connectivity index (χ1n) is 9.34. The fourth-order valence-corrected chi connectivity index (χ4v) is 3.68. The molecule has 1 aliphatic rings. The van der Waals surface area contributed by atoms with Crippen LogP contribution in [-0.2, 0) is 13.6 Å². The van der Waals surface area contributed by atoms with E-state index in [1.54, 1.807) is 30.1 Å². The second kappa shape index (κ2) is 7.69. The number of fused-ring (bicyclic) bond motifs is 1. The molecule has 0 spiro atoms. The summed E-state index contributed by atoms with van der Waals surface area (Å²) >= 11 is 0. The maximum absolute atomic E-state index is 12.6. The first-order chi connectivity index (χ1) is 13.9. The van der Waals surface area contributed by atoms with Crippen molar-refractivity contribution in [1.29, 1.82) is 0 Å². The van der Waals surface area contributed by atoms with Crippen LogP contribution in [0.15, 0.2) is 40.4 Å². The molecular weight excluding hydrogens is 382 g/mol. The Hall–Kier alpha value is -3.17. The van der Waals surface area contributed by atoms with Gasteiger partial charge in [0.05, 0.1) is 23.4 Å². The van der Waals surface area contributed by atoms with Gasteiger partial charge in [-0.1, -0.05) is 0 Å². The van der Waals surface area contributed by atoms with Crippen LogP contribution in [0.1, 0.15) is 25.0 Å². The van der Waals surface area contributed by atoms with Gasteiger partial charge in [-0.3, -0.25) is 23.7 Å². The number of piperidine rings is 1. The molecule has 1 fully saturated rings. The van der Waals surface area contributed by atoms with Crippen molar-refractivity contribution in [2.24, 2.45) is 13.0 Å². The highest BCUT2D eigenvalue weighted by Crippen LogP contribution is 2.23. The normalized spacial score (nSPS) is 15.4. The largest absolute Gasteiger partial charge is 0.342 e. The highest BCUT2D eigenvalue weighted by atomic mass is 19.3. The summed E-state index contributed by atoms with van der Waals surface area (Å²) in [7, 11) is 1.70. The summed E-state index contributed by atoms with van der Waals surface area (Å²) in [6.07, 6.45) is 3.15. The van der Waals surface area contributed by atoms with E-state index in [4.69, 9.17) is 0 Å². The Balaban J connectivity index is 1.48. The van der Waals surface area contributed by atoms with Crippen molar-refractivity contribution in [1.82, 2.24) is 24.1 Å². The molecule has 8 nitrogen and oxygen atoms in total. The van der Waals surface area contributed by atoms with E-state index in [9.17, 15) is 18.4 Å². The maximum atomic E-state index is 12.6. The minimum Gasteiger partial charge on any atom is -0.342 e. The number of pyridine rings is 1. The molecule has 152 valence electrons. The summed E-state index contributed by atoms with van der Waals surface area (Å²) in [5, 5.41) is 0.528. The molecule has 0 saturated carbocycles. The second-order valence-corrected chi connectivity index (χ2v) is 7.20. The van der Waals surface area contributed by atoms with Gasteiger partial charge in [0.15, 0.2) is 0 Å². The Labute approximate surface area is 164 Å². The molecule has 0 radical (unpaired) electrons. The zero-order valence-electron chi connectivity index (χ0n) is 15.8. The van der Waals surface area contributed by atoms with Crippen molar-refractivity contribution < 1.29 is 8.78 Å². The van der Waals surface area contributed by atoms with Gasteiger partial charge >= 0.3 is 0 Å². The molecule has 0 aromatic carbocycles. The molecule has 0 unspecified atom stereocenters. The standard InChI is InChI=1S/C19H20F2N6O2/c1-25-18(29)13-2-5-22-9-15(13)24-19(25)26-6-3-12(4-7-26)10-27-11-23-14(17(20)21)8-16(27)28/h2,5,8-9,11-12,17H,3-4,6-7,10H2,1H3. The Bertz CT molecular complexity index is 1150. The van der Waals surface area contributed by atoms with Gasteiger partial charge in [0.1, 0.15) is 5.69 Å². The molecule has 0 N–H and O–H groups in total. The number of aromatic nitrogens is 5. The number of rotatable bonds is 4. The van der Waals surface area contributed by atoms with Gasteiger partial charge in [-0.05, 0) is 24.8 Å². The molecule has 4 heterocycles. The molecule has 4 rings (SSSR count). The molecule has 0 atom stereocenters. The smallest absolute Gasteiger partial charge is 0.280 e. The van der Waals surface area contributed by atoms with Crippen molar-refractivity contribution in [2.45, 2.75) is 25.8 Å². The predicted molar refractivity (Wildman–Crippen MR) is 103 cm³/mol. The molecule has 0 bridgehead atoms. The lowest BCUT2D eigenvalue weighted by molar-refractivity contribution is 0.145. The van der Waals surface area contributed by atoms with Crippen LogP contribution in [0.5, 0.6) is 0 Å². The van der Waals surface area contributed by atoms with Crippen LogP contribution >= 0.6 is 0 Å². The van der Waals surface area contributed by atoms with Gasteiger partial charge in [-0.15, -0.1) is 0 Å². The van der Waals surface area contributed by atoms with Crippen LogP contribution in [0, 0.1) is 5.92 Å². The van der Waals surface area contributed by atoms with Gasteiger partial charge in [0.2, 0.25) is 5.95 Å². The van der Waals surface area contributed by atoms with Crippen molar-refractivity contribution in [3.63, 3.8) is 0 Å². The minimum atomic E-state index is -2.75. The third kappa shape index (κ3) is 3.74. The summed E-state index contributed by atoms with van der Waals surface area (Å²) in [5.41, 5.74) is -0.529. The summed E-state index contributed by atoms with van der Waals surface area (Å²) in [6.45, 7) is 1.78. The number of hydrogen-bond acceptors (Lipinski definition) is 6. The Morgan fingerprint density at radius 3 is 2.69 bits per heavy atom. The fourth-order valence-electron chi connectivity index (χ4n) is 3.68. The summed E-state index contributed by atoms with van der Waals surface area (Å²) in [4.78, 5) is 39.0. The molecule has 3 aromatic heterocycles.